The topological polar surface area (TPSA) is 12.9 Å². The second-order valence-corrected chi connectivity index (χ2v) is 7.64. The fraction of sp³-hybridized carbons (Fsp3) is 0. The van der Waals surface area contributed by atoms with Gasteiger partial charge in [-0.2, -0.15) is 0 Å². The van der Waals surface area contributed by atoms with E-state index in [1.54, 1.807) is 0 Å². The van der Waals surface area contributed by atoms with Gasteiger partial charge >= 0.3 is 0 Å². The van der Waals surface area contributed by atoms with Gasteiger partial charge in [-0.25, -0.2) is 0 Å². The third kappa shape index (κ3) is 2.60. The van der Waals surface area contributed by atoms with Crippen molar-refractivity contribution in [2.75, 3.05) is 0 Å². The lowest BCUT2D eigenvalue weighted by Crippen LogP contribution is -1.91. The van der Waals surface area contributed by atoms with Crippen LogP contribution < -0.4 is 0 Å². The Hall–Kier alpha value is -3.97. The average molecular weight is 381 g/mol. The van der Waals surface area contributed by atoms with Crippen molar-refractivity contribution >= 4 is 32.3 Å². The predicted molar refractivity (Wildman–Crippen MR) is 128 cm³/mol. The monoisotopic (exact) mass is 381 g/mol. The van der Waals surface area contributed by atoms with E-state index in [9.17, 15) is 0 Å². The molecule has 6 aromatic rings. The fourth-order valence-corrected chi connectivity index (χ4v) is 4.61. The van der Waals surface area contributed by atoms with Crippen LogP contribution in [0, 0.1) is 0 Å². The van der Waals surface area contributed by atoms with Crippen LogP contribution in [0.25, 0.3) is 54.6 Å². The van der Waals surface area contributed by atoms with Gasteiger partial charge in [0.1, 0.15) is 0 Å². The van der Waals surface area contributed by atoms with Crippen LogP contribution in [0.3, 0.4) is 0 Å². The Balaban J connectivity index is 1.79. The van der Waals surface area contributed by atoms with E-state index >= 15 is 0 Å². The van der Waals surface area contributed by atoms with Crippen molar-refractivity contribution in [1.82, 2.24) is 4.98 Å². The molecule has 0 fully saturated rings. The van der Waals surface area contributed by atoms with E-state index in [0.717, 1.165) is 0 Å². The fourth-order valence-electron chi connectivity index (χ4n) is 4.61. The first-order valence-electron chi connectivity index (χ1n) is 10.2. The van der Waals surface area contributed by atoms with Crippen LogP contribution in [-0.4, -0.2) is 4.98 Å². The zero-order valence-corrected chi connectivity index (χ0v) is 16.4. The molecule has 0 atom stereocenters. The molecular formula is C29H19N. The number of pyridine rings is 1. The Morgan fingerprint density at radius 2 is 0.900 bits per heavy atom. The smallest absolute Gasteiger partial charge is 0.0273 e. The lowest BCUT2D eigenvalue weighted by Gasteiger charge is -2.17. The molecule has 1 heteroatoms. The molecule has 0 radical (unpaired) electrons. The number of aromatic nitrogens is 1. The lowest BCUT2D eigenvalue weighted by atomic mass is 9.86. The van der Waals surface area contributed by atoms with Crippen LogP contribution in [0.1, 0.15) is 0 Å². The van der Waals surface area contributed by atoms with Crippen molar-refractivity contribution in [3.05, 3.63) is 116 Å². The van der Waals surface area contributed by atoms with Gasteiger partial charge in [-0.15, -0.1) is 0 Å². The molecule has 0 saturated heterocycles. The van der Waals surface area contributed by atoms with E-state index in [0.29, 0.717) is 0 Å². The van der Waals surface area contributed by atoms with Crippen molar-refractivity contribution in [3.63, 3.8) is 0 Å². The molecule has 1 nitrogen and oxygen atoms in total. The van der Waals surface area contributed by atoms with Crippen LogP contribution in [0.2, 0.25) is 0 Å². The third-order valence-electron chi connectivity index (χ3n) is 5.94. The van der Waals surface area contributed by atoms with E-state index in [-0.39, 0.29) is 0 Å². The molecule has 6 rings (SSSR count). The summed E-state index contributed by atoms with van der Waals surface area (Å²) in [4.78, 5) is 4.23. The molecule has 0 aliphatic carbocycles. The van der Waals surface area contributed by atoms with Gasteiger partial charge in [-0.05, 0) is 72.8 Å². The van der Waals surface area contributed by atoms with E-state index in [1.165, 1.54) is 54.6 Å². The van der Waals surface area contributed by atoms with Crippen molar-refractivity contribution in [1.29, 1.82) is 0 Å². The SMILES string of the molecule is c1ccc2cc(-c3c4ccccc4c(-c4ccncc4)c4ccccc34)ccc2c1. The maximum Gasteiger partial charge on any atom is 0.0273 e. The maximum absolute atomic E-state index is 4.23. The van der Waals surface area contributed by atoms with Gasteiger partial charge in [0.25, 0.3) is 0 Å². The first kappa shape index (κ1) is 16.9. The van der Waals surface area contributed by atoms with Gasteiger partial charge in [-0.3, -0.25) is 4.98 Å². The highest BCUT2D eigenvalue weighted by Gasteiger charge is 2.16. The summed E-state index contributed by atoms with van der Waals surface area (Å²) in [7, 11) is 0. The van der Waals surface area contributed by atoms with Crippen LogP contribution in [0.4, 0.5) is 0 Å². The summed E-state index contributed by atoms with van der Waals surface area (Å²) in [6.07, 6.45) is 3.74. The van der Waals surface area contributed by atoms with Crippen LogP contribution in [-0.2, 0) is 0 Å². The van der Waals surface area contributed by atoms with Gasteiger partial charge in [-0.1, -0.05) is 84.9 Å². The predicted octanol–water partition coefficient (Wildman–Crippen LogP) is 7.88. The van der Waals surface area contributed by atoms with E-state index < -0.39 is 0 Å². The summed E-state index contributed by atoms with van der Waals surface area (Å²) < 4.78 is 0. The molecule has 0 saturated carbocycles. The molecule has 0 unspecified atom stereocenters. The summed E-state index contributed by atoms with van der Waals surface area (Å²) >= 11 is 0. The minimum absolute atomic E-state index is 1.20. The first-order chi connectivity index (χ1) is 14.9. The number of nitrogens with zero attached hydrogens (tertiary/aromatic N) is 1. The summed E-state index contributed by atoms with van der Waals surface area (Å²) in [6.45, 7) is 0. The number of rotatable bonds is 2. The van der Waals surface area contributed by atoms with Gasteiger partial charge in [0.05, 0.1) is 0 Å². The second kappa shape index (κ2) is 6.82. The van der Waals surface area contributed by atoms with Crippen LogP contribution in [0.15, 0.2) is 116 Å². The quantitative estimate of drug-likeness (QED) is 0.278. The van der Waals surface area contributed by atoms with Gasteiger partial charge in [0.15, 0.2) is 0 Å². The molecule has 0 bridgehead atoms. The minimum atomic E-state index is 1.20. The highest BCUT2D eigenvalue weighted by atomic mass is 14.6. The van der Waals surface area contributed by atoms with Crippen LogP contribution in [0.5, 0.6) is 0 Å². The lowest BCUT2D eigenvalue weighted by molar-refractivity contribution is 1.33. The van der Waals surface area contributed by atoms with Crippen molar-refractivity contribution in [3.8, 4) is 22.3 Å². The molecule has 1 aromatic heterocycles. The highest BCUT2D eigenvalue weighted by Crippen LogP contribution is 2.43. The zero-order valence-electron chi connectivity index (χ0n) is 16.4. The molecule has 140 valence electrons. The Morgan fingerprint density at radius 3 is 1.50 bits per heavy atom. The maximum atomic E-state index is 4.23. The highest BCUT2D eigenvalue weighted by molar-refractivity contribution is 6.21. The minimum Gasteiger partial charge on any atom is -0.265 e. The number of hydrogen-bond acceptors (Lipinski definition) is 1. The summed E-state index contributed by atoms with van der Waals surface area (Å²) in [5, 5.41) is 7.62. The Morgan fingerprint density at radius 1 is 0.400 bits per heavy atom. The van der Waals surface area contributed by atoms with Crippen LogP contribution >= 0.6 is 0 Å². The van der Waals surface area contributed by atoms with Gasteiger partial charge in [0.2, 0.25) is 0 Å². The summed E-state index contributed by atoms with van der Waals surface area (Å²) in [5.41, 5.74) is 5.02. The Labute approximate surface area is 175 Å². The second-order valence-electron chi connectivity index (χ2n) is 7.64. The molecule has 30 heavy (non-hydrogen) atoms. The molecule has 0 spiro atoms. The van der Waals surface area contributed by atoms with Gasteiger partial charge < -0.3 is 0 Å². The molecule has 0 amide bonds. The Bertz CT molecular complexity index is 1470. The molecule has 5 aromatic carbocycles. The molecule has 0 aliphatic rings. The first-order valence-corrected chi connectivity index (χ1v) is 10.2. The van der Waals surface area contributed by atoms with Crippen molar-refractivity contribution < 1.29 is 0 Å². The molecular weight excluding hydrogens is 362 g/mol. The largest absolute Gasteiger partial charge is 0.265 e. The molecule has 0 N–H and O–H groups in total. The average Bonchev–Trinajstić information content (AvgIpc) is 2.82. The number of hydrogen-bond donors (Lipinski definition) is 0. The molecule has 0 aliphatic heterocycles. The molecule has 1 heterocycles. The summed E-state index contributed by atoms with van der Waals surface area (Å²) in [6, 6.07) is 37.1. The van der Waals surface area contributed by atoms with Gasteiger partial charge in [0, 0.05) is 12.4 Å². The van der Waals surface area contributed by atoms with E-state index in [2.05, 4.69) is 108 Å². The number of fused-ring (bicyclic) bond motifs is 3. The van der Waals surface area contributed by atoms with E-state index in [1.807, 2.05) is 12.4 Å². The summed E-state index contributed by atoms with van der Waals surface area (Å²) in [5.74, 6) is 0. The third-order valence-corrected chi connectivity index (χ3v) is 5.94. The standard InChI is InChI=1S/C29H19N/c1-2-8-22-19-23(14-13-20(22)7-1)29-26-11-5-3-9-24(26)28(21-15-17-30-18-16-21)25-10-4-6-12-27(25)29/h1-19H. The normalized spacial score (nSPS) is 11.3. The zero-order chi connectivity index (χ0) is 19.9. The van der Waals surface area contributed by atoms with E-state index in [4.69, 9.17) is 0 Å². The number of benzene rings is 5. The van der Waals surface area contributed by atoms with Crippen molar-refractivity contribution in [2.45, 2.75) is 0 Å². The Kier molecular flexibility index (Phi) is 3.85. The van der Waals surface area contributed by atoms with Crippen molar-refractivity contribution in [2.24, 2.45) is 0 Å².